The summed E-state index contributed by atoms with van der Waals surface area (Å²) in [6.45, 7) is 8.17. The minimum absolute atomic E-state index is 0.655. The number of anilines is 1. The molecule has 2 heterocycles. The van der Waals surface area contributed by atoms with Gasteiger partial charge in [-0.25, -0.2) is 4.98 Å². The topological polar surface area (TPSA) is 40.6 Å². The van der Waals surface area contributed by atoms with Gasteiger partial charge in [0.25, 0.3) is 0 Å². The van der Waals surface area contributed by atoms with Gasteiger partial charge in [-0.3, -0.25) is 4.90 Å². The fourth-order valence-corrected chi connectivity index (χ4v) is 2.94. The first-order valence-corrected chi connectivity index (χ1v) is 8.34. The van der Waals surface area contributed by atoms with Crippen molar-refractivity contribution < 1.29 is 4.74 Å². The number of rotatable bonds is 8. The molecule has 1 aliphatic heterocycles. The monoisotopic (exact) mass is 306 g/mol. The lowest BCUT2D eigenvalue weighted by Crippen LogP contribution is -2.50. The van der Waals surface area contributed by atoms with Crippen molar-refractivity contribution in [3.05, 3.63) is 23.9 Å². The zero-order chi connectivity index (χ0) is 15.8. The van der Waals surface area contributed by atoms with Crippen LogP contribution in [-0.4, -0.2) is 62.9 Å². The number of ether oxygens (including phenoxy) is 1. The normalized spacial score (nSPS) is 19.3. The van der Waals surface area contributed by atoms with Crippen LogP contribution in [0.3, 0.4) is 0 Å². The van der Waals surface area contributed by atoms with Crippen LogP contribution in [0.25, 0.3) is 0 Å². The van der Waals surface area contributed by atoms with Gasteiger partial charge in [0.1, 0.15) is 5.82 Å². The molecule has 22 heavy (non-hydrogen) atoms. The van der Waals surface area contributed by atoms with E-state index in [-0.39, 0.29) is 0 Å². The van der Waals surface area contributed by atoms with Gasteiger partial charge in [-0.15, -0.1) is 0 Å². The fourth-order valence-electron chi connectivity index (χ4n) is 2.94. The Hall–Kier alpha value is -1.17. The van der Waals surface area contributed by atoms with Gasteiger partial charge in [0.15, 0.2) is 0 Å². The van der Waals surface area contributed by atoms with Crippen LogP contribution < -0.4 is 10.2 Å². The summed E-state index contributed by atoms with van der Waals surface area (Å²) in [5.74, 6) is 1.01. The van der Waals surface area contributed by atoms with Crippen LogP contribution in [0.15, 0.2) is 18.3 Å². The molecule has 0 saturated carbocycles. The summed E-state index contributed by atoms with van der Waals surface area (Å²) in [6.07, 6.45) is 4.52. The summed E-state index contributed by atoms with van der Waals surface area (Å²) in [4.78, 5) is 9.31. The van der Waals surface area contributed by atoms with Gasteiger partial charge in [-0.1, -0.05) is 19.4 Å². The highest BCUT2D eigenvalue weighted by molar-refractivity contribution is 5.38. The van der Waals surface area contributed by atoms with Gasteiger partial charge >= 0.3 is 0 Å². The van der Waals surface area contributed by atoms with E-state index < -0.39 is 0 Å². The molecule has 0 amide bonds. The number of hydrogen-bond acceptors (Lipinski definition) is 5. The number of hydrogen-bond donors (Lipinski definition) is 1. The van der Waals surface area contributed by atoms with Crippen molar-refractivity contribution in [2.75, 3.05) is 51.8 Å². The summed E-state index contributed by atoms with van der Waals surface area (Å²) in [5, 5.41) is 3.50. The number of likely N-dealkylation sites (N-methyl/N-ethyl adjacent to an activating group) is 1. The van der Waals surface area contributed by atoms with Crippen LogP contribution in [0.1, 0.15) is 25.3 Å². The van der Waals surface area contributed by atoms with Crippen molar-refractivity contribution >= 4 is 5.82 Å². The number of nitrogens with one attached hydrogen (secondary N) is 1. The molecule has 1 aromatic heterocycles. The maximum Gasteiger partial charge on any atom is 0.128 e. The van der Waals surface area contributed by atoms with Gasteiger partial charge in [0, 0.05) is 59.1 Å². The van der Waals surface area contributed by atoms with Crippen molar-refractivity contribution in [1.82, 2.24) is 15.2 Å². The van der Waals surface area contributed by atoms with Gasteiger partial charge in [-0.05, 0) is 18.1 Å². The maximum absolute atomic E-state index is 5.11. The highest BCUT2D eigenvalue weighted by Gasteiger charge is 2.21. The maximum atomic E-state index is 5.11. The third-order valence-corrected chi connectivity index (χ3v) is 4.31. The average Bonchev–Trinajstić information content (AvgIpc) is 2.55. The third kappa shape index (κ3) is 4.93. The molecule has 5 heteroatoms. The van der Waals surface area contributed by atoms with Crippen LogP contribution in [-0.2, 0) is 11.3 Å². The van der Waals surface area contributed by atoms with E-state index in [4.69, 9.17) is 4.74 Å². The molecular weight excluding hydrogens is 276 g/mol. The predicted molar refractivity (Wildman–Crippen MR) is 91.4 cm³/mol. The summed E-state index contributed by atoms with van der Waals surface area (Å²) in [7, 11) is 3.78. The lowest BCUT2D eigenvalue weighted by atomic mass is 10.1. The molecule has 1 fully saturated rings. The second-order valence-electron chi connectivity index (χ2n) is 6.06. The molecule has 1 unspecified atom stereocenters. The van der Waals surface area contributed by atoms with Gasteiger partial charge < -0.3 is 15.0 Å². The van der Waals surface area contributed by atoms with Gasteiger partial charge in [-0.2, -0.15) is 0 Å². The summed E-state index contributed by atoms with van der Waals surface area (Å²) in [6, 6.07) is 4.97. The summed E-state index contributed by atoms with van der Waals surface area (Å²) >= 11 is 0. The largest absolute Gasteiger partial charge is 0.383 e. The molecule has 0 bridgehead atoms. The average molecular weight is 306 g/mol. The Balaban J connectivity index is 1.92. The second-order valence-corrected chi connectivity index (χ2v) is 6.06. The lowest BCUT2D eigenvalue weighted by molar-refractivity contribution is 0.144. The van der Waals surface area contributed by atoms with Crippen LogP contribution in [0, 0.1) is 0 Å². The van der Waals surface area contributed by atoms with E-state index in [9.17, 15) is 0 Å². The molecule has 0 radical (unpaired) electrons. The van der Waals surface area contributed by atoms with Crippen LogP contribution >= 0.6 is 0 Å². The first kappa shape index (κ1) is 17.2. The van der Waals surface area contributed by atoms with Crippen molar-refractivity contribution in [3.63, 3.8) is 0 Å². The van der Waals surface area contributed by atoms with Crippen LogP contribution in [0.4, 0.5) is 5.82 Å². The molecule has 0 aromatic carbocycles. The number of pyridine rings is 1. The second kappa shape index (κ2) is 9.08. The van der Waals surface area contributed by atoms with E-state index in [0.717, 1.165) is 45.1 Å². The van der Waals surface area contributed by atoms with Crippen LogP contribution in [0.2, 0.25) is 0 Å². The van der Waals surface area contributed by atoms with E-state index >= 15 is 0 Å². The zero-order valence-corrected chi connectivity index (χ0v) is 14.2. The van der Waals surface area contributed by atoms with Crippen LogP contribution in [0.5, 0.6) is 0 Å². The van der Waals surface area contributed by atoms with Gasteiger partial charge in [0.2, 0.25) is 0 Å². The Bertz CT molecular complexity index is 421. The SMILES string of the molecule is CCCC1CNCCN1Cc1ccc(N(C)CCOC)nc1. The van der Waals surface area contributed by atoms with Gasteiger partial charge in [0.05, 0.1) is 6.61 Å². The van der Waals surface area contributed by atoms with Crippen molar-refractivity contribution in [2.24, 2.45) is 0 Å². The number of aromatic nitrogens is 1. The predicted octanol–water partition coefficient (Wildman–Crippen LogP) is 1.74. The highest BCUT2D eigenvalue weighted by atomic mass is 16.5. The van der Waals surface area contributed by atoms with E-state index in [1.54, 1.807) is 7.11 Å². The quantitative estimate of drug-likeness (QED) is 0.792. The molecule has 2 rings (SSSR count). The number of piperazine rings is 1. The Kier molecular flexibility index (Phi) is 7.09. The molecule has 1 saturated heterocycles. The van der Waals surface area contributed by atoms with Crippen molar-refractivity contribution in [3.8, 4) is 0 Å². The molecular formula is C17H30N4O. The highest BCUT2D eigenvalue weighted by Crippen LogP contribution is 2.15. The molecule has 0 aliphatic carbocycles. The van der Waals surface area contributed by atoms with E-state index in [0.29, 0.717) is 6.04 Å². The van der Waals surface area contributed by atoms with Crippen molar-refractivity contribution in [2.45, 2.75) is 32.4 Å². The number of nitrogens with zero attached hydrogens (tertiary/aromatic N) is 3. The lowest BCUT2D eigenvalue weighted by Gasteiger charge is -2.36. The van der Waals surface area contributed by atoms with E-state index in [2.05, 4.69) is 46.2 Å². The first-order valence-electron chi connectivity index (χ1n) is 8.34. The molecule has 1 aromatic rings. The molecule has 1 aliphatic rings. The summed E-state index contributed by atoms with van der Waals surface area (Å²) in [5.41, 5.74) is 1.30. The Labute approximate surface area is 134 Å². The molecule has 1 atom stereocenters. The molecule has 124 valence electrons. The zero-order valence-electron chi connectivity index (χ0n) is 14.2. The Morgan fingerprint density at radius 3 is 3.00 bits per heavy atom. The Morgan fingerprint density at radius 2 is 2.32 bits per heavy atom. The fraction of sp³-hybridized carbons (Fsp3) is 0.706. The number of methoxy groups -OCH3 is 1. The van der Waals surface area contributed by atoms with E-state index in [1.165, 1.54) is 18.4 Å². The standard InChI is InChI=1S/C17H30N4O/c1-4-5-16-13-18-8-9-21(16)14-15-6-7-17(19-12-15)20(2)10-11-22-3/h6-7,12,16,18H,4-5,8-11,13-14H2,1-3H3. The van der Waals surface area contributed by atoms with Crippen molar-refractivity contribution in [1.29, 1.82) is 0 Å². The molecule has 1 N–H and O–H groups in total. The summed E-state index contributed by atoms with van der Waals surface area (Å²) < 4.78 is 5.11. The minimum Gasteiger partial charge on any atom is -0.383 e. The Morgan fingerprint density at radius 1 is 1.45 bits per heavy atom. The molecule has 0 spiro atoms. The minimum atomic E-state index is 0.655. The first-order chi connectivity index (χ1) is 10.7. The van der Waals surface area contributed by atoms with E-state index in [1.807, 2.05) is 6.20 Å². The smallest absolute Gasteiger partial charge is 0.128 e. The molecule has 5 nitrogen and oxygen atoms in total. The third-order valence-electron chi connectivity index (χ3n) is 4.31.